The molecule has 3 rings (SSSR count). The van der Waals surface area contributed by atoms with Gasteiger partial charge in [-0.05, 0) is 18.2 Å². The summed E-state index contributed by atoms with van der Waals surface area (Å²) < 4.78 is 46.4. The van der Waals surface area contributed by atoms with E-state index in [1.807, 2.05) is 0 Å². The molecule has 1 aliphatic heterocycles. The highest BCUT2D eigenvalue weighted by Crippen LogP contribution is 2.46. The molecule has 0 bridgehead atoms. The minimum atomic E-state index is -4.83. The van der Waals surface area contributed by atoms with E-state index in [4.69, 9.17) is 4.74 Å². The molecule has 0 radical (unpaired) electrons. The number of cyclic esters (lactones) is 1. The first-order valence-electron chi connectivity index (χ1n) is 6.27. The van der Waals surface area contributed by atoms with Crippen LogP contribution in [0.25, 0.3) is 0 Å². The first kappa shape index (κ1) is 14.9. The smallest absolute Gasteiger partial charge is 0.421 e. The number of carbonyl (C=O) groups excluding carboxylic acids is 1. The molecule has 7 heteroatoms. The van der Waals surface area contributed by atoms with Gasteiger partial charge in [0.25, 0.3) is 0 Å². The number of hydrogen-bond donors (Lipinski definition) is 1. The molecule has 1 heterocycles. The molecule has 0 unspecified atom stereocenters. The van der Waals surface area contributed by atoms with Crippen LogP contribution in [0.15, 0.2) is 53.0 Å². The average Bonchev–Trinajstić information content (AvgIpc) is 2.46. The predicted octanol–water partition coefficient (Wildman–Crippen LogP) is 4.45. The SMILES string of the molecule is O=C1O[C@@](c2ccccc2)(C(F)(F)F)Nc2cc(Br)ccc21. The Kier molecular flexibility index (Phi) is 3.40. The van der Waals surface area contributed by atoms with Crippen molar-refractivity contribution in [1.82, 2.24) is 0 Å². The first-order chi connectivity index (χ1) is 10.3. The van der Waals surface area contributed by atoms with Gasteiger partial charge in [0.2, 0.25) is 0 Å². The van der Waals surface area contributed by atoms with Crippen molar-refractivity contribution >= 4 is 27.6 Å². The zero-order chi connectivity index (χ0) is 16.0. The predicted molar refractivity (Wildman–Crippen MR) is 77.4 cm³/mol. The van der Waals surface area contributed by atoms with Crippen LogP contribution < -0.4 is 5.32 Å². The van der Waals surface area contributed by atoms with Gasteiger partial charge in [-0.3, -0.25) is 0 Å². The van der Waals surface area contributed by atoms with E-state index in [-0.39, 0.29) is 16.8 Å². The summed E-state index contributed by atoms with van der Waals surface area (Å²) >= 11 is 3.18. The third-order valence-corrected chi connectivity index (χ3v) is 3.83. The summed E-state index contributed by atoms with van der Waals surface area (Å²) in [5, 5.41) is 2.34. The molecule has 1 atom stereocenters. The first-order valence-corrected chi connectivity index (χ1v) is 7.06. The number of rotatable bonds is 1. The van der Waals surface area contributed by atoms with Crippen molar-refractivity contribution in [2.45, 2.75) is 11.9 Å². The van der Waals surface area contributed by atoms with Gasteiger partial charge in [0, 0.05) is 10.0 Å². The minimum absolute atomic E-state index is 0.0546. The molecule has 2 aromatic rings. The second-order valence-corrected chi connectivity index (χ2v) is 5.67. The van der Waals surface area contributed by atoms with Gasteiger partial charge in [0.1, 0.15) is 0 Å². The van der Waals surface area contributed by atoms with Gasteiger partial charge in [0.05, 0.1) is 11.3 Å². The van der Waals surface area contributed by atoms with E-state index in [0.29, 0.717) is 4.47 Å². The molecule has 1 aliphatic rings. The molecule has 0 spiro atoms. The Labute approximate surface area is 132 Å². The maximum atomic E-state index is 13.7. The van der Waals surface area contributed by atoms with Crippen molar-refractivity contribution in [3.05, 3.63) is 64.1 Å². The van der Waals surface area contributed by atoms with E-state index in [9.17, 15) is 18.0 Å². The Bertz CT molecular complexity index is 733. The van der Waals surface area contributed by atoms with Crippen LogP contribution in [-0.4, -0.2) is 12.1 Å². The Morgan fingerprint density at radius 2 is 1.77 bits per heavy atom. The Balaban J connectivity index is 2.20. The normalized spacial score (nSPS) is 20.8. The molecule has 2 aromatic carbocycles. The number of carbonyl (C=O) groups is 1. The van der Waals surface area contributed by atoms with Gasteiger partial charge < -0.3 is 10.1 Å². The van der Waals surface area contributed by atoms with E-state index < -0.39 is 17.9 Å². The maximum absolute atomic E-state index is 13.7. The molecule has 0 aromatic heterocycles. The van der Waals surface area contributed by atoms with Gasteiger partial charge in [-0.1, -0.05) is 46.3 Å². The fraction of sp³-hybridized carbons (Fsp3) is 0.133. The summed E-state index contributed by atoms with van der Waals surface area (Å²) in [7, 11) is 0. The van der Waals surface area contributed by atoms with Gasteiger partial charge in [-0.15, -0.1) is 0 Å². The summed E-state index contributed by atoms with van der Waals surface area (Å²) in [6, 6.07) is 11.4. The third kappa shape index (κ3) is 2.25. The molecule has 0 saturated carbocycles. The zero-order valence-corrected chi connectivity index (χ0v) is 12.5. The number of nitrogens with one attached hydrogen (secondary N) is 1. The van der Waals surface area contributed by atoms with Crippen molar-refractivity contribution in [2.24, 2.45) is 0 Å². The van der Waals surface area contributed by atoms with Gasteiger partial charge >= 0.3 is 17.9 Å². The van der Waals surface area contributed by atoms with Crippen LogP contribution in [0, 0.1) is 0 Å². The third-order valence-electron chi connectivity index (χ3n) is 3.34. The van der Waals surface area contributed by atoms with Crippen molar-refractivity contribution in [2.75, 3.05) is 5.32 Å². The van der Waals surface area contributed by atoms with E-state index in [1.165, 1.54) is 36.4 Å². The monoisotopic (exact) mass is 371 g/mol. The maximum Gasteiger partial charge on any atom is 0.453 e. The highest BCUT2D eigenvalue weighted by Gasteiger charge is 2.62. The van der Waals surface area contributed by atoms with E-state index in [2.05, 4.69) is 21.2 Å². The number of ether oxygens (including phenoxy) is 1. The van der Waals surface area contributed by atoms with Crippen LogP contribution in [0.2, 0.25) is 0 Å². The zero-order valence-electron chi connectivity index (χ0n) is 10.9. The summed E-state index contributed by atoms with van der Waals surface area (Å²) in [5.41, 5.74) is -2.98. The summed E-state index contributed by atoms with van der Waals surface area (Å²) in [5.74, 6) is -1.03. The van der Waals surface area contributed by atoms with E-state index in [0.717, 1.165) is 0 Å². The number of halogens is 4. The van der Waals surface area contributed by atoms with E-state index in [1.54, 1.807) is 12.1 Å². The lowest BCUT2D eigenvalue weighted by atomic mass is 9.98. The quantitative estimate of drug-likeness (QED) is 0.752. The minimum Gasteiger partial charge on any atom is -0.421 e. The lowest BCUT2D eigenvalue weighted by Gasteiger charge is -2.40. The van der Waals surface area contributed by atoms with Crippen molar-refractivity contribution in [3.63, 3.8) is 0 Å². The molecular formula is C15H9BrF3NO2. The molecule has 1 N–H and O–H groups in total. The Morgan fingerprint density at radius 1 is 1.09 bits per heavy atom. The highest BCUT2D eigenvalue weighted by molar-refractivity contribution is 9.10. The molecule has 0 saturated heterocycles. The molecular weight excluding hydrogens is 363 g/mol. The number of alkyl halides is 3. The number of esters is 1. The largest absolute Gasteiger partial charge is 0.453 e. The molecule has 114 valence electrons. The lowest BCUT2D eigenvalue weighted by molar-refractivity contribution is -0.254. The Morgan fingerprint density at radius 3 is 2.41 bits per heavy atom. The van der Waals surface area contributed by atoms with Crippen LogP contribution >= 0.6 is 15.9 Å². The number of hydrogen-bond acceptors (Lipinski definition) is 3. The highest BCUT2D eigenvalue weighted by atomic mass is 79.9. The molecule has 0 amide bonds. The van der Waals surface area contributed by atoms with Crippen LogP contribution in [0.5, 0.6) is 0 Å². The van der Waals surface area contributed by atoms with Crippen molar-refractivity contribution in [1.29, 1.82) is 0 Å². The topological polar surface area (TPSA) is 38.3 Å². The fourth-order valence-electron chi connectivity index (χ4n) is 2.30. The molecule has 3 nitrogen and oxygen atoms in total. The van der Waals surface area contributed by atoms with Gasteiger partial charge in [-0.25, -0.2) is 4.79 Å². The second-order valence-electron chi connectivity index (χ2n) is 4.75. The van der Waals surface area contributed by atoms with Crippen LogP contribution in [-0.2, 0) is 10.5 Å². The van der Waals surface area contributed by atoms with Crippen molar-refractivity contribution in [3.8, 4) is 0 Å². The molecule has 22 heavy (non-hydrogen) atoms. The molecule has 0 fully saturated rings. The molecule has 0 aliphatic carbocycles. The van der Waals surface area contributed by atoms with Gasteiger partial charge in [0.15, 0.2) is 0 Å². The summed E-state index contributed by atoms with van der Waals surface area (Å²) in [6.07, 6.45) is -4.83. The number of benzene rings is 2. The fourth-order valence-corrected chi connectivity index (χ4v) is 2.66. The Hall–Kier alpha value is -2.02. The number of anilines is 1. The lowest BCUT2D eigenvalue weighted by Crippen LogP contribution is -2.54. The summed E-state index contributed by atoms with van der Waals surface area (Å²) in [6.45, 7) is 0. The van der Waals surface area contributed by atoms with E-state index >= 15 is 0 Å². The average molecular weight is 372 g/mol. The second kappa shape index (κ2) is 5.01. The van der Waals surface area contributed by atoms with Gasteiger partial charge in [-0.2, -0.15) is 13.2 Å². The number of fused-ring (bicyclic) bond motifs is 1. The van der Waals surface area contributed by atoms with Crippen LogP contribution in [0.1, 0.15) is 15.9 Å². The van der Waals surface area contributed by atoms with Crippen molar-refractivity contribution < 1.29 is 22.7 Å². The van der Waals surface area contributed by atoms with Crippen LogP contribution in [0.4, 0.5) is 18.9 Å². The van der Waals surface area contributed by atoms with Crippen LogP contribution in [0.3, 0.4) is 0 Å². The summed E-state index contributed by atoms with van der Waals surface area (Å²) in [4.78, 5) is 12.1. The standard InChI is InChI=1S/C15H9BrF3NO2/c16-10-6-7-11-12(8-10)20-14(15(17,18)19,22-13(11)21)9-4-2-1-3-5-9/h1-8,20H/t14-/m0/s1.